The number of amides is 1. The molecule has 1 aliphatic rings. The monoisotopic (exact) mass is 494 g/mol. The molecule has 1 saturated heterocycles. The molecule has 0 spiro atoms. The predicted octanol–water partition coefficient (Wildman–Crippen LogP) is 2.49. The van der Waals surface area contributed by atoms with E-state index in [0.717, 1.165) is 6.07 Å². The number of benzene rings is 2. The van der Waals surface area contributed by atoms with Gasteiger partial charge in [-0.25, -0.2) is 12.8 Å². The predicted molar refractivity (Wildman–Crippen MR) is 124 cm³/mol. The van der Waals surface area contributed by atoms with E-state index >= 15 is 0 Å². The number of rotatable bonds is 9. The summed E-state index contributed by atoms with van der Waals surface area (Å²) in [6.45, 7) is 5.04. The van der Waals surface area contributed by atoms with E-state index < -0.39 is 20.8 Å². The lowest BCUT2D eigenvalue weighted by molar-refractivity contribution is -0.384. The molecule has 10 nitrogen and oxygen atoms in total. The average molecular weight is 495 g/mol. The van der Waals surface area contributed by atoms with E-state index in [9.17, 15) is 27.7 Å². The molecule has 184 valence electrons. The summed E-state index contributed by atoms with van der Waals surface area (Å²) in [6, 6.07) is 9.27. The number of anilines is 1. The molecule has 1 aliphatic heterocycles. The molecule has 0 atom stereocenters. The number of halogens is 1. The highest BCUT2D eigenvalue weighted by Gasteiger charge is 2.29. The fourth-order valence-corrected chi connectivity index (χ4v) is 5.23. The SMILES string of the molecule is CCN(CC)S(=O)(=O)c1ccc(N2CCN(C(=O)COc3ccc(F)cc3)CC2)c([N+](=O)[O-])c1. The molecule has 0 aromatic heterocycles. The van der Waals surface area contributed by atoms with E-state index in [1.165, 1.54) is 40.7 Å². The number of hydrogen-bond donors (Lipinski definition) is 0. The van der Waals surface area contributed by atoms with Gasteiger partial charge in [-0.15, -0.1) is 0 Å². The number of sulfonamides is 1. The Hall–Kier alpha value is -3.25. The second-order valence-corrected chi connectivity index (χ2v) is 9.55. The summed E-state index contributed by atoms with van der Waals surface area (Å²) < 4.78 is 45.2. The van der Waals surface area contributed by atoms with Crippen LogP contribution in [0.1, 0.15) is 13.8 Å². The molecule has 12 heteroatoms. The summed E-state index contributed by atoms with van der Waals surface area (Å²) in [5.41, 5.74) is 0.00538. The molecule has 0 saturated carbocycles. The lowest BCUT2D eigenvalue weighted by atomic mass is 10.2. The van der Waals surface area contributed by atoms with E-state index in [2.05, 4.69) is 0 Å². The summed E-state index contributed by atoms with van der Waals surface area (Å²) in [6.07, 6.45) is 0. The molecule has 0 N–H and O–H groups in total. The Bertz CT molecular complexity index is 1130. The van der Waals surface area contributed by atoms with Crippen LogP contribution in [-0.2, 0) is 14.8 Å². The van der Waals surface area contributed by atoms with Crippen LogP contribution < -0.4 is 9.64 Å². The molecule has 1 amide bonds. The Morgan fingerprint density at radius 2 is 1.71 bits per heavy atom. The van der Waals surface area contributed by atoms with E-state index in [1.807, 2.05) is 0 Å². The van der Waals surface area contributed by atoms with Crippen LogP contribution in [0.4, 0.5) is 15.8 Å². The zero-order valence-corrected chi connectivity index (χ0v) is 19.8. The molecular formula is C22H27FN4O6S. The molecule has 2 aromatic carbocycles. The molecular weight excluding hydrogens is 467 g/mol. The minimum atomic E-state index is -3.83. The minimum absolute atomic E-state index is 0.126. The molecule has 34 heavy (non-hydrogen) atoms. The Morgan fingerprint density at radius 1 is 1.09 bits per heavy atom. The largest absolute Gasteiger partial charge is 0.484 e. The normalized spacial score (nSPS) is 14.4. The highest BCUT2D eigenvalue weighted by Crippen LogP contribution is 2.32. The fourth-order valence-electron chi connectivity index (χ4n) is 3.75. The van der Waals surface area contributed by atoms with Crippen LogP contribution in [0.5, 0.6) is 5.75 Å². The van der Waals surface area contributed by atoms with Gasteiger partial charge in [-0.2, -0.15) is 4.31 Å². The Kier molecular flexibility index (Phi) is 8.05. The van der Waals surface area contributed by atoms with Crippen LogP contribution in [0.25, 0.3) is 0 Å². The van der Waals surface area contributed by atoms with Gasteiger partial charge in [-0.3, -0.25) is 14.9 Å². The zero-order chi connectivity index (χ0) is 24.9. The highest BCUT2D eigenvalue weighted by atomic mass is 32.2. The first-order valence-corrected chi connectivity index (χ1v) is 12.3. The average Bonchev–Trinajstić information content (AvgIpc) is 2.83. The third kappa shape index (κ3) is 5.62. The molecule has 0 aliphatic carbocycles. The molecule has 2 aromatic rings. The van der Waals surface area contributed by atoms with Crippen molar-refractivity contribution < 1.29 is 27.3 Å². The molecule has 0 unspecified atom stereocenters. The van der Waals surface area contributed by atoms with Crippen molar-refractivity contribution in [3.05, 3.63) is 58.4 Å². The number of hydrogen-bond acceptors (Lipinski definition) is 7. The van der Waals surface area contributed by atoms with Crippen molar-refractivity contribution in [3.8, 4) is 5.75 Å². The van der Waals surface area contributed by atoms with Crippen molar-refractivity contribution >= 4 is 27.3 Å². The number of nitrogens with zero attached hydrogens (tertiary/aromatic N) is 4. The van der Waals surface area contributed by atoms with Gasteiger partial charge in [0.15, 0.2) is 6.61 Å². The number of nitro benzene ring substituents is 1. The maximum atomic E-state index is 13.0. The summed E-state index contributed by atoms with van der Waals surface area (Å²) in [7, 11) is -3.83. The number of nitro groups is 1. The van der Waals surface area contributed by atoms with E-state index in [0.29, 0.717) is 37.6 Å². The number of carbonyl (C=O) groups is 1. The zero-order valence-electron chi connectivity index (χ0n) is 19.0. The molecule has 0 radical (unpaired) electrons. The van der Waals surface area contributed by atoms with Crippen molar-refractivity contribution in [1.82, 2.24) is 9.21 Å². The molecule has 3 rings (SSSR count). The van der Waals surface area contributed by atoms with Gasteiger partial charge in [-0.1, -0.05) is 13.8 Å². The fraction of sp³-hybridized carbons (Fsp3) is 0.409. The smallest absolute Gasteiger partial charge is 0.293 e. The van der Waals surface area contributed by atoms with Crippen LogP contribution in [0.2, 0.25) is 0 Å². The second kappa shape index (κ2) is 10.8. The van der Waals surface area contributed by atoms with Crippen molar-refractivity contribution in [3.63, 3.8) is 0 Å². The molecule has 1 fully saturated rings. The third-order valence-corrected chi connectivity index (χ3v) is 7.68. The van der Waals surface area contributed by atoms with E-state index in [1.54, 1.807) is 23.6 Å². The summed E-state index contributed by atoms with van der Waals surface area (Å²) in [5, 5.41) is 11.7. The first kappa shape index (κ1) is 25.4. The van der Waals surface area contributed by atoms with Crippen molar-refractivity contribution in [2.75, 3.05) is 50.8 Å². The van der Waals surface area contributed by atoms with Gasteiger partial charge < -0.3 is 14.5 Å². The number of piperazine rings is 1. The quantitative estimate of drug-likeness (QED) is 0.389. The minimum Gasteiger partial charge on any atom is -0.484 e. The van der Waals surface area contributed by atoms with Crippen molar-refractivity contribution in [2.24, 2.45) is 0 Å². The van der Waals surface area contributed by atoms with Gasteiger partial charge in [0, 0.05) is 45.3 Å². The standard InChI is InChI=1S/C22H27FN4O6S/c1-3-26(4-2)34(31,32)19-9-10-20(21(15-19)27(29)30)24-11-13-25(14-12-24)22(28)16-33-18-7-5-17(23)6-8-18/h5-10,15H,3-4,11-14,16H2,1-2H3. The van der Waals surface area contributed by atoms with Gasteiger partial charge in [0.2, 0.25) is 10.0 Å². The van der Waals surface area contributed by atoms with Gasteiger partial charge in [0.25, 0.3) is 11.6 Å². The van der Waals surface area contributed by atoms with Gasteiger partial charge in [0.05, 0.1) is 9.82 Å². The maximum absolute atomic E-state index is 13.0. The van der Waals surface area contributed by atoms with Crippen LogP contribution in [0.15, 0.2) is 47.4 Å². The van der Waals surface area contributed by atoms with E-state index in [-0.39, 0.29) is 36.2 Å². The van der Waals surface area contributed by atoms with Crippen LogP contribution >= 0.6 is 0 Å². The van der Waals surface area contributed by atoms with Crippen LogP contribution in [0, 0.1) is 15.9 Å². The maximum Gasteiger partial charge on any atom is 0.293 e. The van der Waals surface area contributed by atoms with Gasteiger partial charge >= 0.3 is 0 Å². The first-order chi connectivity index (χ1) is 16.2. The van der Waals surface area contributed by atoms with E-state index in [4.69, 9.17) is 4.74 Å². The van der Waals surface area contributed by atoms with Gasteiger partial charge in [-0.05, 0) is 36.4 Å². The topological polar surface area (TPSA) is 113 Å². The Labute approximate surface area is 197 Å². The van der Waals surface area contributed by atoms with Crippen molar-refractivity contribution in [1.29, 1.82) is 0 Å². The third-order valence-electron chi connectivity index (χ3n) is 5.64. The Balaban J connectivity index is 1.67. The summed E-state index contributed by atoms with van der Waals surface area (Å²) >= 11 is 0. The highest BCUT2D eigenvalue weighted by molar-refractivity contribution is 7.89. The number of ether oxygens (including phenoxy) is 1. The lowest BCUT2D eigenvalue weighted by Gasteiger charge is -2.35. The summed E-state index contributed by atoms with van der Waals surface area (Å²) in [4.78, 5) is 26.8. The van der Waals surface area contributed by atoms with Gasteiger partial charge in [0.1, 0.15) is 17.3 Å². The van der Waals surface area contributed by atoms with Crippen LogP contribution in [-0.4, -0.2) is 74.3 Å². The summed E-state index contributed by atoms with van der Waals surface area (Å²) in [5.74, 6) is -0.273. The second-order valence-electron chi connectivity index (χ2n) is 7.61. The van der Waals surface area contributed by atoms with Crippen molar-refractivity contribution in [2.45, 2.75) is 18.7 Å². The Morgan fingerprint density at radius 3 is 2.26 bits per heavy atom. The molecule has 1 heterocycles. The van der Waals surface area contributed by atoms with Crippen LogP contribution in [0.3, 0.4) is 0 Å². The first-order valence-electron chi connectivity index (χ1n) is 10.9. The lowest BCUT2D eigenvalue weighted by Crippen LogP contribution is -2.50. The molecule has 0 bridgehead atoms. The number of carbonyl (C=O) groups excluding carboxylic acids is 1.